The maximum Gasteiger partial charge on any atom is 0.239 e. The van der Waals surface area contributed by atoms with Crippen molar-refractivity contribution in [2.75, 3.05) is 25.9 Å². The van der Waals surface area contributed by atoms with Gasteiger partial charge in [0.05, 0.1) is 12.5 Å². The molecule has 0 aliphatic heterocycles. The molecule has 0 aromatic heterocycles. The summed E-state index contributed by atoms with van der Waals surface area (Å²) >= 11 is 0. The van der Waals surface area contributed by atoms with Gasteiger partial charge in [0.2, 0.25) is 11.8 Å². The van der Waals surface area contributed by atoms with Gasteiger partial charge in [0.15, 0.2) is 0 Å². The van der Waals surface area contributed by atoms with Crippen LogP contribution in [-0.4, -0.2) is 36.9 Å². The van der Waals surface area contributed by atoms with E-state index in [-0.39, 0.29) is 24.3 Å². The lowest BCUT2D eigenvalue weighted by molar-refractivity contribution is -0.136. The monoisotopic (exact) mass is 277 g/mol. The predicted octanol–water partition coefficient (Wildman–Crippen LogP) is 1.36. The molecule has 1 aromatic rings. The number of likely N-dealkylation sites (N-methyl/N-ethyl adjacent to an activating group) is 1. The molecule has 3 N–H and O–H groups in total. The van der Waals surface area contributed by atoms with E-state index in [1.54, 1.807) is 24.1 Å². The van der Waals surface area contributed by atoms with Gasteiger partial charge in [-0.05, 0) is 31.0 Å². The molecule has 0 heterocycles. The first kappa shape index (κ1) is 16.0. The number of carbonyl (C=O) groups is 2. The third kappa shape index (κ3) is 4.26. The Hall–Kier alpha value is -2.04. The van der Waals surface area contributed by atoms with Crippen LogP contribution in [0.3, 0.4) is 0 Å². The summed E-state index contributed by atoms with van der Waals surface area (Å²) in [5.74, 6) is -0.526. The largest absolute Gasteiger partial charge is 0.399 e. The molecular weight excluding hydrogens is 254 g/mol. The van der Waals surface area contributed by atoms with E-state index in [4.69, 9.17) is 5.73 Å². The minimum atomic E-state index is -0.310. The second-order valence-electron chi connectivity index (χ2n) is 4.82. The molecule has 0 spiro atoms. The number of amides is 2. The third-order valence-electron chi connectivity index (χ3n) is 3.20. The summed E-state index contributed by atoms with van der Waals surface area (Å²) in [5, 5.41) is 2.54. The fourth-order valence-electron chi connectivity index (χ4n) is 2.03. The van der Waals surface area contributed by atoms with Crippen molar-refractivity contribution >= 4 is 17.5 Å². The molecular formula is C15H23N3O2. The lowest BCUT2D eigenvalue weighted by atomic mass is 9.99. The number of nitrogens with two attached hydrogens (primary N) is 1. The number of hydrogen-bond acceptors (Lipinski definition) is 3. The first-order chi connectivity index (χ1) is 9.49. The Kier molecular flexibility index (Phi) is 6.03. The second-order valence-corrected chi connectivity index (χ2v) is 4.82. The third-order valence-corrected chi connectivity index (χ3v) is 3.20. The van der Waals surface area contributed by atoms with E-state index >= 15 is 0 Å². The average molecular weight is 277 g/mol. The van der Waals surface area contributed by atoms with Gasteiger partial charge < -0.3 is 16.0 Å². The lowest BCUT2D eigenvalue weighted by Crippen LogP contribution is -2.41. The number of rotatable bonds is 6. The normalized spacial score (nSPS) is 11.8. The van der Waals surface area contributed by atoms with E-state index in [0.29, 0.717) is 12.2 Å². The van der Waals surface area contributed by atoms with Crippen LogP contribution in [-0.2, 0) is 9.59 Å². The molecule has 0 aliphatic rings. The quantitative estimate of drug-likeness (QED) is 0.771. The minimum Gasteiger partial charge on any atom is -0.399 e. The van der Waals surface area contributed by atoms with Gasteiger partial charge in [-0.2, -0.15) is 0 Å². The zero-order valence-corrected chi connectivity index (χ0v) is 12.3. The van der Waals surface area contributed by atoms with Gasteiger partial charge in [-0.1, -0.05) is 19.1 Å². The van der Waals surface area contributed by atoms with E-state index < -0.39 is 0 Å². The van der Waals surface area contributed by atoms with Crippen LogP contribution in [0.4, 0.5) is 5.69 Å². The van der Waals surface area contributed by atoms with Crippen molar-refractivity contribution in [3.05, 3.63) is 29.8 Å². The maximum absolute atomic E-state index is 12.5. The summed E-state index contributed by atoms with van der Waals surface area (Å²) in [6.45, 7) is 4.48. The molecule has 5 nitrogen and oxygen atoms in total. The van der Waals surface area contributed by atoms with E-state index in [1.807, 2.05) is 26.0 Å². The number of nitrogens with one attached hydrogen (secondary N) is 1. The smallest absolute Gasteiger partial charge is 0.239 e. The Morgan fingerprint density at radius 2 is 2.10 bits per heavy atom. The Labute approximate surface area is 120 Å². The first-order valence-electron chi connectivity index (χ1n) is 6.84. The SMILES string of the molecule is CCCN(CC(=O)NC)C(=O)C(C)c1cccc(N)c1. The molecule has 20 heavy (non-hydrogen) atoms. The number of anilines is 1. The summed E-state index contributed by atoms with van der Waals surface area (Å²) < 4.78 is 0. The van der Waals surface area contributed by atoms with Crippen LogP contribution < -0.4 is 11.1 Å². The number of benzene rings is 1. The maximum atomic E-state index is 12.5. The van der Waals surface area contributed by atoms with Gasteiger partial charge in [-0.15, -0.1) is 0 Å². The fourth-order valence-corrected chi connectivity index (χ4v) is 2.03. The Balaban J connectivity index is 2.85. The summed E-state index contributed by atoms with van der Waals surface area (Å²) in [4.78, 5) is 25.6. The molecule has 1 atom stereocenters. The van der Waals surface area contributed by atoms with Gasteiger partial charge in [0, 0.05) is 19.3 Å². The highest BCUT2D eigenvalue weighted by Gasteiger charge is 2.23. The zero-order valence-electron chi connectivity index (χ0n) is 12.3. The van der Waals surface area contributed by atoms with Crippen molar-refractivity contribution in [3.8, 4) is 0 Å². The molecule has 2 amide bonds. The van der Waals surface area contributed by atoms with Crippen molar-refractivity contribution in [2.24, 2.45) is 0 Å². The average Bonchev–Trinajstić information content (AvgIpc) is 2.45. The summed E-state index contributed by atoms with van der Waals surface area (Å²) in [6, 6.07) is 7.29. The molecule has 0 radical (unpaired) electrons. The van der Waals surface area contributed by atoms with E-state index in [0.717, 1.165) is 12.0 Å². The fraction of sp³-hybridized carbons (Fsp3) is 0.467. The van der Waals surface area contributed by atoms with E-state index in [9.17, 15) is 9.59 Å². The molecule has 1 unspecified atom stereocenters. The molecule has 0 aliphatic carbocycles. The van der Waals surface area contributed by atoms with Gasteiger partial charge in [-0.3, -0.25) is 9.59 Å². The van der Waals surface area contributed by atoms with Gasteiger partial charge in [-0.25, -0.2) is 0 Å². The van der Waals surface area contributed by atoms with Crippen LogP contribution in [0.15, 0.2) is 24.3 Å². The number of nitrogen functional groups attached to an aromatic ring is 1. The summed E-state index contributed by atoms with van der Waals surface area (Å²) in [7, 11) is 1.57. The summed E-state index contributed by atoms with van der Waals surface area (Å²) in [6.07, 6.45) is 0.812. The molecule has 0 fully saturated rings. The standard InChI is InChI=1S/C15H23N3O2/c1-4-8-18(10-14(19)17-3)15(20)11(2)12-6-5-7-13(16)9-12/h5-7,9,11H,4,8,10,16H2,1-3H3,(H,17,19). The van der Waals surface area contributed by atoms with Crippen LogP contribution in [0.5, 0.6) is 0 Å². The van der Waals surface area contributed by atoms with Crippen molar-refractivity contribution in [2.45, 2.75) is 26.2 Å². The Morgan fingerprint density at radius 1 is 1.40 bits per heavy atom. The highest BCUT2D eigenvalue weighted by molar-refractivity contribution is 5.88. The van der Waals surface area contributed by atoms with Crippen LogP contribution >= 0.6 is 0 Å². The van der Waals surface area contributed by atoms with Crippen molar-refractivity contribution in [3.63, 3.8) is 0 Å². The topological polar surface area (TPSA) is 75.4 Å². The molecule has 5 heteroatoms. The van der Waals surface area contributed by atoms with Crippen molar-refractivity contribution in [1.29, 1.82) is 0 Å². The zero-order chi connectivity index (χ0) is 15.1. The van der Waals surface area contributed by atoms with Crippen molar-refractivity contribution < 1.29 is 9.59 Å². The highest BCUT2D eigenvalue weighted by Crippen LogP contribution is 2.20. The Morgan fingerprint density at radius 3 is 2.65 bits per heavy atom. The van der Waals surface area contributed by atoms with Crippen LogP contribution in [0.1, 0.15) is 31.7 Å². The molecule has 0 bridgehead atoms. The van der Waals surface area contributed by atoms with Crippen molar-refractivity contribution in [1.82, 2.24) is 10.2 Å². The Bertz CT molecular complexity index is 474. The molecule has 0 saturated carbocycles. The number of hydrogen-bond donors (Lipinski definition) is 2. The number of nitrogens with zero attached hydrogens (tertiary/aromatic N) is 1. The summed E-state index contributed by atoms with van der Waals surface area (Å²) in [5.41, 5.74) is 7.25. The van der Waals surface area contributed by atoms with E-state index in [1.165, 1.54) is 0 Å². The van der Waals surface area contributed by atoms with Gasteiger partial charge in [0.25, 0.3) is 0 Å². The molecule has 110 valence electrons. The highest BCUT2D eigenvalue weighted by atomic mass is 16.2. The van der Waals surface area contributed by atoms with Crippen LogP contribution in [0.2, 0.25) is 0 Å². The number of carbonyl (C=O) groups excluding carboxylic acids is 2. The molecule has 0 saturated heterocycles. The minimum absolute atomic E-state index is 0.0546. The second kappa shape index (κ2) is 7.53. The van der Waals surface area contributed by atoms with Crippen LogP contribution in [0, 0.1) is 0 Å². The van der Waals surface area contributed by atoms with Gasteiger partial charge >= 0.3 is 0 Å². The molecule has 1 aromatic carbocycles. The van der Waals surface area contributed by atoms with Crippen LogP contribution in [0.25, 0.3) is 0 Å². The lowest BCUT2D eigenvalue weighted by Gasteiger charge is -2.25. The molecule has 1 rings (SSSR count). The van der Waals surface area contributed by atoms with E-state index in [2.05, 4.69) is 5.32 Å². The first-order valence-corrected chi connectivity index (χ1v) is 6.84. The predicted molar refractivity (Wildman–Crippen MR) is 80.2 cm³/mol. The van der Waals surface area contributed by atoms with Gasteiger partial charge in [0.1, 0.15) is 0 Å².